The van der Waals surface area contributed by atoms with Gasteiger partial charge in [-0.3, -0.25) is 9.69 Å². The number of hydrogen-bond donors (Lipinski definition) is 1. The second kappa shape index (κ2) is 10.4. The first-order valence-corrected chi connectivity index (χ1v) is 14.4. The molecule has 1 amide bonds. The number of halogens is 4. The summed E-state index contributed by atoms with van der Waals surface area (Å²) in [5.41, 5.74) is -0.382. The molecule has 1 N–H and O–H groups in total. The van der Waals surface area contributed by atoms with Gasteiger partial charge in [-0.25, -0.2) is 21.9 Å². The topological polar surface area (TPSA) is 75.7 Å². The zero-order valence-corrected chi connectivity index (χ0v) is 22.3. The van der Waals surface area contributed by atoms with Gasteiger partial charge in [0.1, 0.15) is 23.8 Å². The molecule has 2 aromatic carbocycles. The van der Waals surface area contributed by atoms with E-state index in [1.807, 2.05) is 19.1 Å². The molecule has 2 fully saturated rings. The monoisotopic (exact) mass is 560 g/mol. The summed E-state index contributed by atoms with van der Waals surface area (Å²) >= 11 is 12.2. The maximum absolute atomic E-state index is 15.6. The Labute approximate surface area is 220 Å². The summed E-state index contributed by atoms with van der Waals surface area (Å²) in [6.07, 6.45) is 2.97. The number of ether oxygens (including phenoxy) is 1. The molecule has 0 spiro atoms. The van der Waals surface area contributed by atoms with Crippen LogP contribution in [-0.2, 0) is 10.0 Å². The number of sulfonamides is 1. The highest BCUT2D eigenvalue weighted by Crippen LogP contribution is 2.45. The Bertz CT molecular complexity index is 1260. The fourth-order valence-corrected chi connectivity index (χ4v) is 5.21. The van der Waals surface area contributed by atoms with Gasteiger partial charge in [0, 0.05) is 25.2 Å². The Morgan fingerprint density at radius 3 is 2.44 bits per heavy atom. The molecule has 0 aromatic heterocycles. The minimum Gasteiger partial charge on any atom is -0.490 e. The summed E-state index contributed by atoms with van der Waals surface area (Å²) in [6, 6.07) is 7.88. The van der Waals surface area contributed by atoms with Crippen molar-refractivity contribution >= 4 is 39.1 Å². The van der Waals surface area contributed by atoms with Crippen molar-refractivity contribution in [2.75, 3.05) is 26.0 Å². The van der Waals surface area contributed by atoms with E-state index < -0.39 is 27.4 Å². The average Bonchev–Trinajstić information content (AvgIpc) is 3.64. The molecule has 2 aromatic rings. The maximum Gasteiger partial charge on any atom is 0.267 e. The standard InChI is InChI=1S/C25H28Cl2F2N2O4S/c1-15(17-5-6-20(26)21(27)11-17)31-9-7-25(29,8-10-31)14-35-23-13-22(28)19(12-18(23)16-3-4-16)24(32)30-36(2,33)34/h5-6,11-13,15-16H,3-4,7-10,14H2,1-2H3,(H,30,32)/t15-/m0/s1. The third-order valence-electron chi connectivity index (χ3n) is 6.79. The SMILES string of the molecule is C[C@@H](c1ccc(Cl)c(Cl)c1)N1CCC(F)(COc2cc(F)c(C(=O)NS(C)(=O)=O)cc2C2CC2)CC1. The quantitative estimate of drug-likeness (QED) is 0.452. The van der Waals surface area contributed by atoms with Crippen LogP contribution in [-0.4, -0.2) is 50.8 Å². The van der Waals surface area contributed by atoms with Crippen LogP contribution in [0, 0.1) is 5.82 Å². The highest BCUT2D eigenvalue weighted by molar-refractivity contribution is 7.89. The number of nitrogens with one attached hydrogen (secondary N) is 1. The van der Waals surface area contributed by atoms with Crippen molar-refractivity contribution in [3.63, 3.8) is 0 Å². The number of carbonyl (C=O) groups excluding carboxylic acids is 1. The Morgan fingerprint density at radius 1 is 1.19 bits per heavy atom. The molecule has 11 heteroatoms. The minimum absolute atomic E-state index is 0.0337. The summed E-state index contributed by atoms with van der Waals surface area (Å²) in [4.78, 5) is 14.4. The average molecular weight is 561 g/mol. The fraction of sp³-hybridized carbons (Fsp3) is 0.480. The van der Waals surface area contributed by atoms with Gasteiger partial charge in [0.25, 0.3) is 5.91 Å². The van der Waals surface area contributed by atoms with Crippen LogP contribution in [0.3, 0.4) is 0 Å². The number of amides is 1. The summed E-state index contributed by atoms with van der Waals surface area (Å²) in [5, 5.41) is 0.960. The predicted octanol–water partition coefficient (Wildman–Crippen LogP) is 5.64. The number of likely N-dealkylation sites (tertiary alicyclic amines) is 1. The van der Waals surface area contributed by atoms with E-state index in [-0.39, 0.29) is 42.7 Å². The second-order valence-corrected chi connectivity index (χ2v) is 12.2. The van der Waals surface area contributed by atoms with Gasteiger partial charge in [-0.2, -0.15) is 0 Å². The Morgan fingerprint density at radius 2 is 1.86 bits per heavy atom. The van der Waals surface area contributed by atoms with Crippen LogP contribution in [0.2, 0.25) is 10.0 Å². The first-order chi connectivity index (χ1) is 16.8. The Kier molecular flexibility index (Phi) is 7.86. The summed E-state index contributed by atoms with van der Waals surface area (Å²) < 4.78 is 60.7. The van der Waals surface area contributed by atoms with Gasteiger partial charge in [-0.05, 0) is 67.9 Å². The lowest BCUT2D eigenvalue weighted by Gasteiger charge is -2.39. The molecule has 1 heterocycles. The van der Waals surface area contributed by atoms with E-state index in [4.69, 9.17) is 27.9 Å². The molecule has 0 radical (unpaired) electrons. The van der Waals surface area contributed by atoms with E-state index in [1.165, 1.54) is 6.07 Å². The molecule has 1 aliphatic carbocycles. The summed E-state index contributed by atoms with van der Waals surface area (Å²) in [6.45, 7) is 2.81. The van der Waals surface area contributed by atoms with Gasteiger partial charge in [0.05, 0.1) is 21.9 Å². The molecule has 4 rings (SSSR count). The lowest BCUT2D eigenvalue weighted by molar-refractivity contribution is 0.00614. The molecule has 0 bridgehead atoms. The number of alkyl halides is 1. The smallest absolute Gasteiger partial charge is 0.267 e. The maximum atomic E-state index is 15.6. The van der Waals surface area contributed by atoms with Crippen molar-refractivity contribution in [1.82, 2.24) is 9.62 Å². The van der Waals surface area contributed by atoms with E-state index in [0.717, 1.165) is 30.7 Å². The highest BCUT2D eigenvalue weighted by Gasteiger charge is 2.38. The van der Waals surface area contributed by atoms with Crippen molar-refractivity contribution in [3.8, 4) is 5.75 Å². The number of rotatable bonds is 8. The van der Waals surface area contributed by atoms with Crippen LogP contribution in [0.1, 0.15) is 66.1 Å². The van der Waals surface area contributed by atoms with Crippen molar-refractivity contribution in [3.05, 3.63) is 62.9 Å². The molecule has 1 saturated carbocycles. The fourth-order valence-electron chi connectivity index (χ4n) is 4.45. The molecule has 196 valence electrons. The molecule has 1 aliphatic heterocycles. The zero-order chi connectivity index (χ0) is 26.3. The normalized spacial score (nSPS) is 19.1. The number of piperidine rings is 1. The lowest BCUT2D eigenvalue weighted by Crippen LogP contribution is -2.45. The van der Waals surface area contributed by atoms with Gasteiger partial charge in [0.2, 0.25) is 10.0 Å². The predicted molar refractivity (Wildman–Crippen MR) is 136 cm³/mol. The van der Waals surface area contributed by atoms with E-state index in [1.54, 1.807) is 10.8 Å². The van der Waals surface area contributed by atoms with Gasteiger partial charge in [-0.1, -0.05) is 29.3 Å². The van der Waals surface area contributed by atoms with Crippen LogP contribution in [0.5, 0.6) is 5.75 Å². The molecular weight excluding hydrogens is 533 g/mol. The first-order valence-electron chi connectivity index (χ1n) is 11.7. The Balaban J connectivity index is 1.41. The van der Waals surface area contributed by atoms with Crippen LogP contribution in [0.4, 0.5) is 8.78 Å². The number of hydrogen-bond acceptors (Lipinski definition) is 5. The van der Waals surface area contributed by atoms with E-state index in [0.29, 0.717) is 28.7 Å². The summed E-state index contributed by atoms with van der Waals surface area (Å²) in [5.74, 6) is -1.72. The van der Waals surface area contributed by atoms with Crippen molar-refractivity contribution in [1.29, 1.82) is 0 Å². The van der Waals surface area contributed by atoms with Gasteiger partial charge < -0.3 is 4.74 Å². The Hall–Kier alpha value is -1.94. The number of benzene rings is 2. The third kappa shape index (κ3) is 6.49. The second-order valence-electron chi connectivity index (χ2n) is 9.67. The summed E-state index contributed by atoms with van der Waals surface area (Å²) in [7, 11) is -3.84. The van der Waals surface area contributed by atoms with E-state index in [2.05, 4.69) is 4.90 Å². The van der Waals surface area contributed by atoms with Gasteiger partial charge in [0.15, 0.2) is 0 Å². The minimum atomic E-state index is -3.84. The molecule has 36 heavy (non-hydrogen) atoms. The zero-order valence-electron chi connectivity index (χ0n) is 20.0. The van der Waals surface area contributed by atoms with Crippen molar-refractivity contribution in [2.24, 2.45) is 0 Å². The lowest BCUT2D eigenvalue weighted by atomic mass is 9.92. The molecule has 1 atom stereocenters. The first kappa shape index (κ1) is 27.1. The molecule has 1 saturated heterocycles. The number of nitrogens with zero attached hydrogens (tertiary/aromatic N) is 1. The van der Waals surface area contributed by atoms with Crippen molar-refractivity contribution in [2.45, 2.75) is 50.2 Å². The van der Waals surface area contributed by atoms with Gasteiger partial charge >= 0.3 is 0 Å². The molecular formula is C25H28Cl2F2N2O4S. The molecule has 0 unspecified atom stereocenters. The third-order valence-corrected chi connectivity index (χ3v) is 8.09. The van der Waals surface area contributed by atoms with Crippen LogP contribution in [0.15, 0.2) is 30.3 Å². The van der Waals surface area contributed by atoms with E-state index >= 15 is 4.39 Å². The van der Waals surface area contributed by atoms with Crippen LogP contribution < -0.4 is 9.46 Å². The molecule has 6 nitrogen and oxygen atoms in total. The largest absolute Gasteiger partial charge is 0.490 e. The highest BCUT2D eigenvalue weighted by atomic mass is 35.5. The van der Waals surface area contributed by atoms with E-state index in [9.17, 15) is 17.6 Å². The van der Waals surface area contributed by atoms with Crippen LogP contribution >= 0.6 is 23.2 Å². The molecule has 2 aliphatic rings. The van der Waals surface area contributed by atoms with Crippen molar-refractivity contribution < 1.29 is 26.7 Å². The van der Waals surface area contributed by atoms with Gasteiger partial charge in [-0.15, -0.1) is 0 Å². The number of carbonyl (C=O) groups is 1. The van der Waals surface area contributed by atoms with Crippen LogP contribution in [0.25, 0.3) is 0 Å².